The minimum atomic E-state index is -5.12. The van der Waals surface area contributed by atoms with Crippen molar-refractivity contribution < 1.29 is 22.7 Å². The highest BCUT2D eigenvalue weighted by Crippen LogP contribution is 2.45. The van der Waals surface area contributed by atoms with Gasteiger partial charge in [0.2, 0.25) is 5.60 Å². The van der Waals surface area contributed by atoms with Crippen LogP contribution in [0.5, 0.6) is 0 Å². The maximum atomic E-state index is 13.9. The van der Waals surface area contributed by atoms with Gasteiger partial charge < -0.3 is 5.11 Å². The molecule has 0 spiro atoms. The molecular weight excluding hydrogens is 390 g/mol. The second-order valence-corrected chi connectivity index (χ2v) is 6.27. The molecule has 1 unspecified atom stereocenters. The molecule has 2 aromatic carbocycles. The number of hydrogen-bond donors (Lipinski definition) is 2. The van der Waals surface area contributed by atoms with Gasteiger partial charge in [0.05, 0.1) is 23.0 Å². The summed E-state index contributed by atoms with van der Waals surface area (Å²) in [6.07, 6.45) is -2.94. The molecule has 2 N–H and O–H groups in total. The highest BCUT2D eigenvalue weighted by molar-refractivity contribution is 5.81. The van der Waals surface area contributed by atoms with Gasteiger partial charge in [-0.2, -0.15) is 28.6 Å². The van der Waals surface area contributed by atoms with Crippen LogP contribution in [-0.4, -0.2) is 31.3 Å². The molecule has 1 atom stereocenters. The first-order valence-corrected chi connectivity index (χ1v) is 8.23. The van der Waals surface area contributed by atoms with Crippen LogP contribution in [0.15, 0.2) is 54.9 Å². The molecule has 0 aliphatic rings. The number of aromatic amines is 1. The van der Waals surface area contributed by atoms with E-state index < -0.39 is 34.4 Å². The van der Waals surface area contributed by atoms with Crippen molar-refractivity contribution >= 4 is 10.9 Å². The minimum Gasteiger partial charge on any atom is -0.372 e. The van der Waals surface area contributed by atoms with Crippen molar-refractivity contribution in [3.05, 3.63) is 77.5 Å². The minimum absolute atomic E-state index is 0.316. The van der Waals surface area contributed by atoms with Gasteiger partial charge in [0.25, 0.3) is 0 Å². The van der Waals surface area contributed by atoms with Crippen LogP contribution in [0.1, 0.15) is 16.8 Å². The summed E-state index contributed by atoms with van der Waals surface area (Å²) in [5.41, 5.74) is -4.23. The Morgan fingerprint density at radius 1 is 1.10 bits per heavy atom. The zero-order valence-corrected chi connectivity index (χ0v) is 14.4. The molecular formula is C19H11F4N5O. The lowest BCUT2D eigenvalue weighted by molar-refractivity contribution is -0.248. The smallest absolute Gasteiger partial charge is 0.372 e. The van der Waals surface area contributed by atoms with Crippen molar-refractivity contribution in [2.24, 2.45) is 0 Å². The van der Waals surface area contributed by atoms with Crippen LogP contribution < -0.4 is 0 Å². The molecule has 6 nitrogen and oxygen atoms in total. The number of aromatic nitrogens is 4. The van der Waals surface area contributed by atoms with Crippen molar-refractivity contribution in [1.29, 1.82) is 5.26 Å². The maximum absolute atomic E-state index is 13.9. The third-order valence-corrected chi connectivity index (χ3v) is 4.60. The van der Waals surface area contributed by atoms with Crippen LogP contribution in [-0.2, 0) is 5.60 Å². The first kappa shape index (κ1) is 18.6. The number of benzene rings is 2. The lowest BCUT2D eigenvalue weighted by Crippen LogP contribution is -2.43. The van der Waals surface area contributed by atoms with Gasteiger partial charge in [-0.05, 0) is 42.0 Å². The largest absolute Gasteiger partial charge is 0.425 e. The Bertz CT molecular complexity index is 1240. The molecule has 2 aromatic heterocycles. The van der Waals surface area contributed by atoms with E-state index in [1.807, 2.05) is 0 Å². The quantitative estimate of drug-likeness (QED) is 0.514. The van der Waals surface area contributed by atoms with Crippen LogP contribution in [0.3, 0.4) is 0 Å². The standard InChI is InChI=1S/C19H11F4N5O/c20-13-2-4-14(5-3-13)28-17-6-1-12(7-11(17)9-26-28)18(29,19(21,22)23)15-10-25-27-16(15)8-24/h1-7,9-10,29H,(H,25,27). The molecule has 0 saturated carbocycles. The van der Waals surface area contributed by atoms with E-state index in [0.29, 0.717) is 16.6 Å². The fraction of sp³-hybridized carbons (Fsp3) is 0.105. The van der Waals surface area contributed by atoms with Gasteiger partial charge in [0, 0.05) is 11.6 Å². The molecule has 146 valence electrons. The molecule has 0 fully saturated rings. The number of fused-ring (bicyclic) bond motifs is 1. The maximum Gasteiger partial charge on any atom is 0.425 e. The van der Waals surface area contributed by atoms with Crippen LogP contribution in [0, 0.1) is 17.1 Å². The zero-order chi connectivity index (χ0) is 20.8. The number of nitrogens with one attached hydrogen (secondary N) is 1. The number of H-pyrrole nitrogens is 1. The molecule has 4 aromatic rings. The van der Waals surface area contributed by atoms with Crippen molar-refractivity contribution in [3.8, 4) is 11.8 Å². The van der Waals surface area contributed by atoms with E-state index >= 15 is 0 Å². The summed E-state index contributed by atoms with van der Waals surface area (Å²) in [5, 5.41) is 29.9. The Morgan fingerprint density at radius 2 is 1.83 bits per heavy atom. The zero-order valence-electron chi connectivity index (χ0n) is 14.4. The number of hydrogen-bond acceptors (Lipinski definition) is 4. The summed E-state index contributed by atoms with van der Waals surface area (Å²) >= 11 is 0. The predicted octanol–water partition coefficient (Wildman–Crippen LogP) is 3.56. The second kappa shape index (κ2) is 6.42. The van der Waals surface area contributed by atoms with Gasteiger partial charge in [-0.3, -0.25) is 5.10 Å². The average Bonchev–Trinajstić information content (AvgIpc) is 3.33. The molecule has 0 bridgehead atoms. The molecule has 4 rings (SSSR count). The topological polar surface area (TPSA) is 90.5 Å². The van der Waals surface area contributed by atoms with Gasteiger partial charge in [-0.15, -0.1) is 0 Å². The van der Waals surface area contributed by atoms with Gasteiger partial charge in [-0.1, -0.05) is 6.07 Å². The predicted molar refractivity (Wildman–Crippen MR) is 93.4 cm³/mol. The summed E-state index contributed by atoms with van der Waals surface area (Å²) < 4.78 is 56.3. The molecule has 0 radical (unpaired) electrons. The van der Waals surface area contributed by atoms with Crippen LogP contribution in [0.25, 0.3) is 16.6 Å². The fourth-order valence-corrected chi connectivity index (χ4v) is 3.17. The lowest BCUT2D eigenvalue weighted by atomic mass is 9.85. The van der Waals surface area contributed by atoms with E-state index in [2.05, 4.69) is 15.3 Å². The Labute approximate surface area is 160 Å². The van der Waals surface area contributed by atoms with Gasteiger partial charge in [0.1, 0.15) is 11.9 Å². The van der Waals surface area contributed by atoms with Crippen LogP contribution >= 0.6 is 0 Å². The van der Waals surface area contributed by atoms with E-state index in [-0.39, 0.29) is 0 Å². The number of aliphatic hydroxyl groups is 1. The summed E-state index contributed by atoms with van der Waals surface area (Å²) in [6.45, 7) is 0. The van der Waals surface area contributed by atoms with E-state index in [1.54, 1.807) is 6.07 Å². The second-order valence-electron chi connectivity index (χ2n) is 6.27. The number of halogens is 4. The Morgan fingerprint density at radius 3 is 2.48 bits per heavy atom. The normalized spacial score (nSPS) is 13.9. The average molecular weight is 401 g/mol. The Balaban J connectivity index is 1.89. The van der Waals surface area contributed by atoms with E-state index in [1.165, 1.54) is 41.2 Å². The van der Waals surface area contributed by atoms with E-state index in [9.17, 15) is 22.7 Å². The van der Waals surface area contributed by atoms with Crippen LogP contribution in [0.4, 0.5) is 17.6 Å². The summed E-state index contributed by atoms with van der Waals surface area (Å²) in [6, 6.07) is 10.6. The number of nitrogens with zero attached hydrogens (tertiary/aromatic N) is 4. The van der Waals surface area contributed by atoms with Gasteiger partial charge in [0.15, 0.2) is 5.69 Å². The van der Waals surface area contributed by atoms with Crippen molar-refractivity contribution in [2.45, 2.75) is 11.8 Å². The molecule has 2 heterocycles. The summed E-state index contributed by atoms with van der Waals surface area (Å²) in [5.74, 6) is -0.434. The molecule has 10 heteroatoms. The first-order valence-electron chi connectivity index (χ1n) is 8.23. The molecule has 0 amide bonds. The SMILES string of the molecule is N#Cc1n[nH]cc1C(O)(c1ccc2c(cnn2-c2ccc(F)cc2)c1)C(F)(F)F. The van der Waals surface area contributed by atoms with Gasteiger partial charge >= 0.3 is 6.18 Å². The van der Waals surface area contributed by atoms with Gasteiger partial charge in [-0.25, -0.2) is 9.07 Å². The fourth-order valence-electron chi connectivity index (χ4n) is 3.17. The van der Waals surface area contributed by atoms with Crippen molar-refractivity contribution in [2.75, 3.05) is 0 Å². The highest BCUT2D eigenvalue weighted by Gasteiger charge is 2.58. The Hall–Kier alpha value is -3.71. The monoisotopic (exact) mass is 401 g/mol. The summed E-state index contributed by atoms with van der Waals surface area (Å²) in [4.78, 5) is 0. The molecule has 0 aliphatic heterocycles. The number of rotatable bonds is 3. The van der Waals surface area contributed by atoms with Crippen LogP contribution in [0.2, 0.25) is 0 Å². The Kier molecular flexibility index (Phi) is 4.13. The first-order chi connectivity index (χ1) is 13.8. The molecule has 0 aliphatic carbocycles. The number of nitriles is 1. The summed E-state index contributed by atoms with van der Waals surface area (Å²) in [7, 11) is 0. The molecule has 0 saturated heterocycles. The van der Waals surface area contributed by atoms with E-state index in [4.69, 9.17) is 5.26 Å². The third kappa shape index (κ3) is 2.83. The molecule has 29 heavy (non-hydrogen) atoms. The number of alkyl halides is 3. The highest BCUT2D eigenvalue weighted by atomic mass is 19.4. The van der Waals surface area contributed by atoms with Crippen molar-refractivity contribution in [3.63, 3.8) is 0 Å². The van der Waals surface area contributed by atoms with E-state index in [0.717, 1.165) is 18.3 Å². The van der Waals surface area contributed by atoms with Crippen molar-refractivity contribution in [1.82, 2.24) is 20.0 Å². The lowest BCUT2D eigenvalue weighted by Gasteiger charge is -2.30. The third-order valence-electron chi connectivity index (χ3n) is 4.60.